The normalized spacial score (nSPS) is 12.3. The Bertz CT molecular complexity index is 834. The first-order valence-electron chi connectivity index (χ1n) is 9.63. The highest BCUT2D eigenvalue weighted by molar-refractivity contribution is 14.1. The summed E-state index contributed by atoms with van der Waals surface area (Å²) in [6.07, 6.45) is 0.600. The SMILES string of the molecule is O=C(O)CCC[C@H](NC(=O)O[C@@H](CCCCNC(=O)c1cncc(I)c1)C(=O)O)C(=O)O. The van der Waals surface area contributed by atoms with E-state index in [0.717, 1.165) is 3.57 Å². The molecule has 0 radical (unpaired) electrons. The number of hydrogen-bond donors (Lipinski definition) is 5. The standard InChI is InChI=1S/C19H24IN3O9/c20-12-8-11(9-21-10-12)16(26)22-7-2-1-5-14(18(29)30)32-19(31)23-13(17(27)28)4-3-6-15(24)25/h8-10,13-14H,1-7H2,(H,22,26)(H,23,31)(H,24,25)(H,27,28)(H,29,30)/t13-,14-/m0/s1. The number of aliphatic carboxylic acids is 3. The van der Waals surface area contributed by atoms with Crippen molar-refractivity contribution in [1.29, 1.82) is 0 Å². The number of carboxylic acid groups (broad SMARTS) is 3. The van der Waals surface area contributed by atoms with Crippen LogP contribution in [0.4, 0.5) is 4.79 Å². The molecular formula is C19H24IN3O9. The van der Waals surface area contributed by atoms with Gasteiger partial charge in [0.2, 0.25) is 6.10 Å². The molecule has 0 bridgehead atoms. The fraction of sp³-hybridized carbons (Fsp3) is 0.474. The third-order valence-electron chi connectivity index (χ3n) is 4.14. The van der Waals surface area contributed by atoms with Gasteiger partial charge in [-0.2, -0.15) is 0 Å². The molecule has 32 heavy (non-hydrogen) atoms. The maximum absolute atomic E-state index is 12.0. The fourth-order valence-electron chi connectivity index (χ4n) is 2.55. The van der Waals surface area contributed by atoms with E-state index in [0.29, 0.717) is 18.4 Å². The van der Waals surface area contributed by atoms with Gasteiger partial charge >= 0.3 is 24.0 Å². The first kappa shape index (κ1) is 27.1. The molecule has 0 aliphatic heterocycles. The highest BCUT2D eigenvalue weighted by atomic mass is 127. The molecule has 0 saturated heterocycles. The molecule has 1 heterocycles. The van der Waals surface area contributed by atoms with Crippen molar-refractivity contribution in [2.45, 2.75) is 50.7 Å². The van der Waals surface area contributed by atoms with Crippen LogP contribution in [-0.4, -0.2) is 68.9 Å². The molecule has 1 aromatic heterocycles. The van der Waals surface area contributed by atoms with Crippen LogP contribution in [0.2, 0.25) is 0 Å². The lowest BCUT2D eigenvalue weighted by molar-refractivity contribution is -0.147. The molecule has 0 aromatic carbocycles. The minimum absolute atomic E-state index is 0.0128. The quantitative estimate of drug-likeness (QED) is 0.163. The number of rotatable bonds is 14. The van der Waals surface area contributed by atoms with E-state index in [2.05, 4.69) is 10.3 Å². The zero-order valence-electron chi connectivity index (χ0n) is 17.0. The van der Waals surface area contributed by atoms with E-state index in [9.17, 15) is 29.1 Å². The fourth-order valence-corrected chi connectivity index (χ4v) is 3.04. The molecule has 0 aliphatic carbocycles. The summed E-state index contributed by atoms with van der Waals surface area (Å²) >= 11 is 2.03. The summed E-state index contributed by atoms with van der Waals surface area (Å²) in [6, 6.07) is 0.268. The van der Waals surface area contributed by atoms with Crippen molar-refractivity contribution in [3.8, 4) is 0 Å². The van der Waals surface area contributed by atoms with Gasteiger partial charge in [-0.1, -0.05) is 0 Å². The van der Waals surface area contributed by atoms with Crippen molar-refractivity contribution in [2.24, 2.45) is 0 Å². The van der Waals surface area contributed by atoms with E-state index in [1.54, 1.807) is 12.3 Å². The van der Waals surface area contributed by atoms with Gasteiger partial charge in [0.25, 0.3) is 5.91 Å². The van der Waals surface area contributed by atoms with Gasteiger partial charge in [0.05, 0.1) is 5.56 Å². The minimum atomic E-state index is -1.50. The van der Waals surface area contributed by atoms with Gasteiger partial charge in [0.1, 0.15) is 6.04 Å². The number of ether oxygens (including phenoxy) is 1. The second kappa shape index (κ2) is 14.2. The van der Waals surface area contributed by atoms with Gasteiger partial charge < -0.3 is 30.7 Å². The summed E-state index contributed by atoms with van der Waals surface area (Å²) < 4.78 is 5.61. The van der Waals surface area contributed by atoms with Crippen LogP contribution in [0.15, 0.2) is 18.5 Å². The Hall–Kier alpha value is -2.97. The maximum Gasteiger partial charge on any atom is 0.408 e. The van der Waals surface area contributed by atoms with Gasteiger partial charge in [-0.3, -0.25) is 14.6 Å². The van der Waals surface area contributed by atoms with Crippen molar-refractivity contribution in [3.05, 3.63) is 27.6 Å². The molecule has 13 heteroatoms. The Balaban J connectivity index is 2.41. The summed E-state index contributed by atoms with van der Waals surface area (Å²) in [5.74, 6) is -4.21. The molecule has 0 fully saturated rings. The summed E-state index contributed by atoms with van der Waals surface area (Å²) in [5, 5.41) is 31.6. The van der Waals surface area contributed by atoms with Gasteiger partial charge in [-0.15, -0.1) is 0 Å². The number of alkyl carbamates (subject to hydrolysis) is 1. The molecule has 2 amide bonds. The number of nitrogens with one attached hydrogen (secondary N) is 2. The van der Waals surface area contributed by atoms with E-state index in [1.807, 2.05) is 27.9 Å². The monoisotopic (exact) mass is 565 g/mol. The smallest absolute Gasteiger partial charge is 0.408 e. The Labute approximate surface area is 196 Å². The first-order chi connectivity index (χ1) is 15.1. The predicted molar refractivity (Wildman–Crippen MR) is 117 cm³/mol. The Morgan fingerprint density at radius 1 is 1.00 bits per heavy atom. The Morgan fingerprint density at radius 3 is 2.31 bits per heavy atom. The van der Waals surface area contributed by atoms with Crippen LogP contribution >= 0.6 is 22.6 Å². The van der Waals surface area contributed by atoms with Crippen molar-refractivity contribution in [1.82, 2.24) is 15.6 Å². The number of halogens is 1. The second-order valence-corrected chi connectivity index (χ2v) is 7.94. The van der Waals surface area contributed by atoms with E-state index in [-0.39, 0.29) is 38.1 Å². The second-order valence-electron chi connectivity index (χ2n) is 6.70. The van der Waals surface area contributed by atoms with E-state index in [4.69, 9.17) is 14.9 Å². The third kappa shape index (κ3) is 10.9. The lowest BCUT2D eigenvalue weighted by Crippen LogP contribution is -2.43. The minimum Gasteiger partial charge on any atom is -0.481 e. The number of carbonyl (C=O) groups excluding carboxylic acids is 2. The highest BCUT2D eigenvalue weighted by Crippen LogP contribution is 2.09. The number of amides is 2. The molecular weight excluding hydrogens is 541 g/mol. The molecule has 176 valence electrons. The molecule has 2 atom stereocenters. The number of hydrogen-bond acceptors (Lipinski definition) is 7. The highest BCUT2D eigenvalue weighted by Gasteiger charge is 2.26. The number of aromatic nitrogens is 1. The third-order valence-corrected chi connectivity index (χ3v) is 4.73. The topological polar surface area (TPSA) is 192 Å². The van der Waals surface area contributed by atoms with Crippen molar-refractivity contribution < 1.29 is 44.0 Å². The predicted octanol–water partition coefficient (Wildman–Crippen LogP) is 1.47. The van der Waals surface area contributed by atoms with Crippen LogP contribution in [-0.2, 0) is 19.1 Å². The van der Waals surface area contributed by atoms with Crippen molar-refractivity contribution in [3.63, 3.8) is 0 Å². The Kier molecular flexibility index (Phi) is 12.0. The van der Waals surface area contributed by atoms with Gasteiger partial charge in [-0.25, -0.2) is 14.4 Å². The van der Waals surface area contributed by atoms with Gasteiger partial charge in [0, 0.05) is 28.9 Å². The van der Waals surface area contributed by atoms with E-state index < -0.39 is 36.1 Å². The van der Waals surface area contributed by atoms with Crippen LogP contribution in [0, 0.1) is 3.57 Å². The van der Waals surface area contributed by atoms with Crippen LogP contribution in [0.25, 0.3) is 0 Å². The van der Waals surface area contributed by atoms with Crippen LogP contribution in [0.3, 0.4) is 0 Å². The summed E-state index contributed by atoms with van der Waals surface area (Å²) in [6.45, 7) is 0.271. The summed E-state index contributed by atoms with van der Waals surface area (Å²) in [4.78, 5) is 60.8. The van der Waals surface area contributed by atoms with Gasteiger partial charge in [-0.05, 0) is 60.8 Å². The number of carboxylic acids is 3. The van der Waals surface area contributed by atoms with E-state index >= 15 is 0 Å². The van der Waals surface area contributed by atoms with Crippen molar-refractivity contribution in [2.75, 3.05) is 6.54 Å². The summed E-state index contributed by atoms with van der Waals surface area (Å²) in [7, 11) is 0. The zero-order chi connectivity index (χ0) is 24.1. The largest absolute Gasteiger partial charge is 0.481 e. The molecule has 0 spiro atoms. The van der Waals surface area contributed by atoms with E-state index in [1.165, 1.54) is 6.20 Å². The molecule has 0 saturated carbocycles. The molecule has 0 unspecified atom stereocenters. The maximum atomic E-state index is 12.0. The molecule has 1 rings (SSSR count). The first-order valence-corrected chi connectivity index (χ1v) is 10.7. The van der Waals surface area contributed by atoms with Crippen molar-refractivity contribution >= 4 is 52.5 Å². The van der Waals surface area contributed by atoms with Crippen LogP contribution in [0.5, 0.6) is 0 Å². The van der Waals surface area contributed by atoms with Gasteiger partial charge in [0.15, 0.2) is 0 Å². The lowest BCUT2D eigenvalue weighted by atomic mass is 10.1. The number of unbranched alkanes of at least 4 members (excludes halogenated alkanes) is 1. The molecule has 1 aromatic rings. The number of pyridine rings is 1. The van der Waals surface area contributed by atoms with Crippen LogP contribution < -0.4 is 10.6 Å². The molecule has 12 nitrogen and oxygen atoms in total. The number of nitrogens with zero attached hydrogens (tertiary/aromatic N) is 1. The molecule has 5 N–H and O–H groups in total. The zero-order valence-corrected chi connectivity index (χ0v) is 19.1. The Morgan fingerprint density at radius 2 is 1.72 bits per heavy atom. The molecule has 0 aliphatic rings. The average molecular weight is 565 g/mol. The lowest BCUT2D eigenvalue weighted by Gasteiger charge is -2.17. The number of carbonyl (C=O) groups is 5. The average Bonchev–Trinajstić information content (AvgIpc) is 2.71. The van der Waals surface area contributed by atoms with Crippen LogP contribution in [0.1, 0.15) is 48.9 Å². The summed E-state index contributed by atoms with van der Waals surface area (Å²) in [5.41, 5.74) is 0.400.